The van der Waals surface area contributed by atoms with Crippen molar-refractivity contribution in [3.05, 3.63) is 48.5 Å². The maximum Gasteiger partial charge on any atom is 0.176 e. The van der Waals surface area contributed by atoms with E-state index < -0.39 is 0 Å². The highest BCUT2D eigenvalue weighted by atomic mass is 16.7. The fraction of sp³-hybridized carbons (Fsp3) is 0.368. The van der Waals surface area contributed by atoms with Crippen LogP contribution in [0.25, 0.3) is 21.8 Å². The van der Waals surface area contributed by atoms with E-state index in [1.54, 1.807) is 0 Å². The number of hydrogen-bond donors (Lipinski definition) is 0. The van der Waals surface area contributed by atoms with Crippen LogP contribution >= 0.6 is 0 Å². The number of para-hydroxylation sites is 2. The van der Waals surface area contributed by atoms with Gasteiger partial charge in [0.05, 0.1) is 18.8 Å². The van der Waals surface area contributed by atoms with Gasteiger partial charge in [-0.3, -0.25) is 0 Å². The summed E-state index contributed by atoms with van der Waals surface area (Å²) in [6, 6.07) is 17.1. The van der Waals surface area contributed by atoms with Crippen molar-refractivity contribution in [2.75, 3.05) is 6.61 Å². The SMILES string of the molecule is CCC1(C)COC(Cn2c3ccccc3c3ccccc32)O1. The highest BCUT2D eigenvalue weighted by Gasteiger charge is 2.35. The normalized spacial score (nSPS) is 25.3. The van der Waals surface area contributed by atoms with Gasteiger partial charge in [-0.2, -0.15) is 0 Å². The molecule has 22 heavy (non-hydrogen) atoms. The molecule has 3 aromatic rings. The number of aromatic nitrogens is 1. The van der Waals surface area contributed by atoms with Crippen molar-refractivity contribution in [1.82, 2.24) is 4.57 Å². The first kappa shape index (κ1) is 13.8. The summed E-state index contributed by atoms with van der Waals surface area (Å²) in [6.45, 7) is 5.67. The minimum atomic E-state index is -0.177. The number of hydrogen-bond acceptors (Lipinski definition) is 2. The third kappa shape index (κ3) is 2.13. The fourth-order valence-corrected chi connectivity index (χ4v) is 3.28. The van der Waals surface area contributed by atoms with Gasteiger partial charge < -0.3 is 14.0 Å². The predicted molar refractivity (Wildman–Crippen MR) is 89.0 cm³/mol. The second kappa shape index (κ2) is 5.11. The maximum atomic E-state index is 6.13. The molecule has 2 atom stereocenters. The summed E-state index contributed by atoms with van der Waals surface area (Å²) < 4.78 is 14.3. The van der Waals surface area contributed by atoms with Crippen LogP contribution in [0, 0.1) is 0 Å². The molecule has 0 N–H and O–H groups in total. The first-order valence-electron chi connectivity index (χ1n) is 7.95. The average molecular weight is 295 g/mol. The number of nitrogens with zero attached hydrogens (tertiary/aromatic N) is 1. The molecular weight excluding hydrogens is 274 g/mol. The highest BCUT2D eigenvalue weighted by Crippen LogP contribution is 2.32. The molecule has 3 nitrogen and oxygen atoms in total. The fourth-order valence-electron chi connectivity index (χ4n) is 3.28. The van der Waals surface area contributed by atoms with E-state index in [2.05, 4.69) is 66.9 Å². The van der Waals surface area contributed by atoms with E-state index in [0.717, 1.165) is 13.0 Å². The van der Waals surface area contributed by atoms with Crippen molar-refractivity contribution in [3.8, 4) is 0 Å². The van der Waals surface area contributed by atoms with Gasteiger partial charge in [-0.15, -0.1) is 0 Å². The van der Waals surface area contributed by atoms with Crippen LogP contribution in [0.15, 0.2) is 48.5 Å². The van der Waals surface area contributed by atoms with Crippen LogP contribution in [0.2, 0.25) is 0 Å². The van der Waals surface area contributed by atoms with Gasteiger partial charge in [0.2, 0.25) is 0 Å². The molecule has 2 aromatic carbocycles. The molecule has 0 saturated carbocycles. The van der Waals surface area contributed by atoms with Gasteiger partial charge in [0.25, 0.3) is 0 Å². The van der Waals surface area contributed by atoms with Crippen molar-refractivity contribution >= 4 is 21.8 Å². The van der Waals surface area contributed by atoms with Gasteiger partial charge in [-0.25, -0.2) is 0 Å². The summed E-state index contributed by atoms with van der Waals surface area (Å²) in [6.07, 6.45) is 0.792. The van der Waals surface area contributed by atoms with Crippen LogP contribution in [0.4, 0.5) is 0 Å². The summed E-state index contributed by atoms with van der Waals surface area (Å²) in [4.78, 5) is 0. The van der Waals surface area contributed by atoms with E-state index in [-0.39, 0.29) is 11.9 Å². The second-order valence-corrected chi connectivity index (χ2v) is 6.31. The topological polar surface area (TPSA) is 23.4 Å². The van der Waals surface area contributed by atoms with Crippen molar-refractivity contribution in [3.63, 3.8) is 0 Å². The molecule has 1 aliphatic rings. The molecule has 3 heteroatoms. The molecular formula is C19H21NO2. The monoisotopic (exact) mass is 295 g/mol. The van der Waals surface area contributed by atoms with Gasteiger partial charge in [0.15, 0.2) is 6.29 Å². The number of fused-ring (bicyclic) bond motifs is 3. The second-order valence-electron chi connectivity index (χ2n) is 6.31. The van der Waals surface area contributed by atoms with Crippen molar-refractivity contribution in [2.45, 2.75) is 38.7 Å². The number of ether oxygens (including phenoxy) is 2. The lowest BCUT2D eigenvalue weighted by atomic mass is 10.1. The van der Waals surface area contributed by atoms with Crippen molar-refractivity contribution in [2.24, 2.45) is 0 Å². The van der Waals surface area contributed by atoms with Crippen LogP contribution in [0.3, 0.4) is 0 Å². The quantitative estimate of drug-likeness (QED) is 0.717. The predicted octanol–water partition coefficient (Wildman–Crippen LogP) is 4.34. The molecule has 2 heterocycles. The Balaban J connectivity index is 1.77. The Labute approximate surface area is 130 Å². The molecule has 1 aromatic heterocycles. The molecule has 0 amide bonds. The van der Waals surface area contributed by atoms with Crippen molar-refractivity contribution in [1.29, 1.82) is 0 Å². The average Bonchev–Trinajstić information content (AvgIpc) is 3.09. The van der Waals surface area contributed by atoms with Crippen LogP contribution in [0.5, 0.6) is 0 Å². The Morgan fingerprint density at radius 2 is 1.64 bits per heavy atom. The van der Waals surface area contributed by atoms with Crippen LogP contribution in [-0.2, 0) is 16.0 Å². The lowest BCUT2D eigenvalue weighted by molar-refractivity contribution is -0.0916. The third-order valence-corrected chi connectivity index (χ3v) is 4.75. The summed E-state index contributed by atoms with van der Waals surface area (Å²) in [5.41, 5.74) is 2.32. The van der Waals surface area contributed by atoms with Gasteiger partial charge >= 0.3 is 0 Å². The van der Waals surface area contributed by atoms with E-state index >= 15 is 0 Å². The maximum absolute atomic E-state index is 6.13. The Hall–Kier alpha value is -1.84. The number of rotatable bonds is 3. The molecule has 1 fully saturated rings. The van der Waals surface area contributed by atoms with Crippen LogP contribution in [0.1, 0.15) is 20.3 Å². The van der Waals surface area contributed by atoms with Gasteiger partial charge in [0.1, 0.15) is 0 Å². The molecule has 2 unspecified atom stereocenters. The largest absolute Gasteiger partial charge is 0.348 e. The zero-order valence-corrected chi connectivity index (χ0v) is 13.1. The van der Waals surface area contributed by atoms with E-state index in [4.69, 9.17) is 9.47 Å². The summed E-state index contributed by atoms with van der Waals surface area (Å²) in [5.74, 6) is 0. The molecule has 1 aliphatic heterocycles. The summed E-state index contributed by atoms with van der Waals surface area (Å²) in [7, 11) is 0. The number of benzene rings is 2. The highest BCUT2D eigenvalue weighted by molar-refractivity contribution is 6.07. The first-order chi connectivity index (χ1) is 10.7. The molecule has 0 bridgehead atoms. The van der Waals surface area contributed by atoms with Crippen molar-refractivity contribution < 1.29 is 9.47 Å². The molecule has 114 valence electrons. The zero-order valence-electron chi connectivity index (χ0n) is 13.1. The van der Waals surface area contributed by atoms with E-state index in [9.17, 15) is 0 Å². The van der Waals surface area contributed by atoms with Gasteiger partial charge in [-0.05, 0) is 25.5 Å². The van der Waals surface area contributed by atoms with E-state index in [0.29, 0.717) is 6.61 Å². The lowest BCUT2D eigenvalue weighted by Gasteiger charge is -2.20. The molecule has 0 radical (unpaired) electrons. The summed E-state index contributed by atoms with van der Waals surface area (Å²) in [5, 5.41) is 2.57. The zero-order chi connectivity index (χ0) is 15.2. The van der Waals surface area contributed by atoms with E-state index in [1.165, 1.54) is 21.8 Å². The Morgan fingerprint density at radius 1 is 1.05 bits per heavy atom. The van der Waals surface area contributed by atoms with E-state index in [1.807, 2.05) is 0 Å². The van der Waals surface area contributed by atoms with Crippen LogP contribution in [-0.4, -0.2) is 23.1 Å². The van der Waals surface area contributed by atoms with Crippen LogP contribution < -0.4 is 0 Å². The third-order valence-electron chi connectivity index (χ3n) is 4.75. The Bertz CT molecular complexity index is 769. The molecule has 0 aliphatic carbocycles. The van der Waals surface area contributed by atoms with Gasteiger partial charge in [-0.1, -0.05) is 43.3 Å². The summed E-state index contributed by atoms with van der Waals surface area (Å²) >= 11 is 0. The molecule has 1 saturated heterocycles. The smallest absolute Gasteiger partial charge is 0.176 e. The lowest BCUT2D eigenvalue weighted by Crippen LogP contribution is -2.27. The molecule has 0 spiro atoms. The Kier molecular flexibility index (Phi) is 3.21. The minimum Gasteiger partial charge on any atom is -0.348 e. The molecule has 4 rings (SSSR count). The first-order valence-corrected chi connectivity index (χ1v) is 7.95. The standard InChI is InChI=1S/C19H21NO2/c1-3-19(2)13-21-18(22-19)12-20-16-10-6-4-8-14(16)15-9-5-7-11-17(15)20/h4-11,18H,3,12-13H2,1-2H3. The Morgan fingerprint density at radius 3 is 2.18 bits per heavy atom. The minimum absolute atomic E-state index is 0.149. The van der Waals surface area contributed by atoms with Gasteiger partial charge in [0, 0.05) is 21.8 Å².